The molecule has 0 unspecified atom stereocenters. The van der Waals surface area contributed by atoms with E-state index in [0.29, 0.717) is 0 Å². The van der Waals surface area contributed by atoms with Crippen molar-refractivity contribution in [3.05, 3.63) is 42.0 Å². The molecule has 0 N–H and O–H groups in total. The Balaban J connectivity index is 2.28. The van der Waals surface area contributed by atoms with Gasteiger partial charge in [-0.15, -0.1) is 0 Å². The van der Waals surface area contributed by atoms with Gasteiger partial charge in [-0.1, -0.05) is 56.2 Å². The fourth-order valence-electron chi connectivity index (χ4n) is 2.41. The molecule has 1 saturated heterocycles. The van der Waals surface area contributed by atoms with Crippen molar-refractivity contribution in [2.24, 2.45) is 0 Å². The van der Waals surface area contributed by atoms with Crippen LogP contribution in [0.5, 0.6) is 0 Å². The number of allylic oxidation sites excluding steroid dienone is 1. The van der Waals surface area contributed by atoms with Crippen molar-refractivity contribution < 1.29 is 9.31 Å². The highest BCUT2D eigenvalue weighted by atomic mass is 16.7. The van der Waals surface area contributed by atoms with Gasteiger partial charge in [0.25, 0.3) is 0 Å². The molecule has 1 aliphatic heterocycles. The molecule has 1 aromatic carbocycles. The molecular formula is C18H27BO2. The van der Waals surface area contributed by atoms with Gasteiger partial charge in [0.05, 0.1) is 11.2 Å². The molecule has 0 spiro atoms. The molecule has 114 valence electrons. The van der Waals surface area contributed by atoms with E-state index < -0.39 is 0 Å². The van der Waals surface area contributed by atoms with E-state index in [0.717, 1.165) is 11.9 Å². The van der Waals surface area contributed by atoms with Crippen LogP contribution in [0.2, 0.25) is 0 Å². The first kappa shape index (κ1) is 16.3. The molecule has 0 bridgehead atoms. The summed E-state index contributed by atoms with van der Waals surface area (Å²) < 4.78 is 12.4. The topological polar surface area (TPSA) is 18.5 Å². The second kappa shape index (κ2) is 6.37. The van der Waals surface area contributed by atoms with Crippen LogP contribution >= 0.6 is 0 Å². The normalized spacial score (nSPS) is 20.8. The lowest BCUT2D eigenvalue weighted by molar-refractivity contribution is 0.00578. The van der Waals surface area contributed by atoms with Crippen LogP contribution in [0.4, 0.5) is 0 Å². The predicted octanol–water partition coefficient (Wildman–Crippen LogP) is 4.89. The Kier molecular flexibility index (Phi) is 4.95. The van der Waals surface area contributed by atoms with E-state index in [-0.39, 0.29) is 18.3 Å². The molecule has 21 heavy (non-hydrogen) atoms. The van der Waals surface area contributed by atoms with Crippen LogP contribution in [-0.2, 0) is 9.31 Å². The Bertz CT molecular complexity index is 475. The minimum Gasteiger partial charge on any atom is -0.399 e. The second-order valence-electron chi connectivity index (χ2n) is 6.76. The maximum absolute atomic E-state index is 6.22. The maximum Gasteiger partial charge on any atom is 0.495 e. The highest BCUT2D eigenvalue weighted by Crippen LogP contribution is 2.40. The lowest BCUT2D eigenvalue weighted by Gasteiger charge is -2.32. The maximum atomic E-state index is 6.22. The van der Waals surface area contributed by atoms with Crippen molar-refractivity contribution in [2.45, 2.75) is 65.1 Å². The first-order valence-electron chi connectivity index (χ1n) is 7.98. The minimum absolute atomic E-state index is 0.283. The van der Waals surface area contributed by atoms with E-state index in [1.54, 1.807) is 0 Å². The molecule has 3 heteroatoms. The highest BCUT2D eigenvalue weighted by molar-refractivity contribution is 6.68. The Morgan fingerprint density at radius 3 is 2.14 bits per heavy atom. The zero-order chi connectivity index (χ0) is 15.5. The highest BCUT2D eigenvalue weighted by Gasteiger charge is 2.52. The zero-order valence-electron chi connectivity index (χ0n) is 14.0. The molecule has 1 fully saturated rings. The number of unbranched alkanes of at least 4 members (excludes halogenated alkanes) is 2. The third-order valence-corrected chi connectivity index (χ3v) is 4.54. The summed E-state index contributed by atoms with van der Waals surface area (Å²) in [5.41, 5.74) is 1.75. The van der Waals surface area contributed by atoms with Gasteiger partial charge < -0.3 is 9.31 Å². The van der Waals surface area contributed by atoms with E-state index in [2.05, 4.69) is 65.0 Å². The summed E-state index contributed by atoms with van der Waals surface area (Å²) in [6.45, 7) is 10.6. The van der Waals surface area contributed by atoms with Gasteiger partial charge in [-0.25, -0.2) is 0 Å². The molecule has 1 aliphatic rings. The standard InChI is InChI=1S/C18H27BO2/c1-6-7-9-14-16(15-12-10-8-11-13-15)19-20-17(2,3)18(4,5)21-19/h8,10-14H,6-7,9H2,1-5H3/b16-14-. The van der Waals surface area contributed by atoms with Gasteiger partial charge in [0.15, 0.2) is 0 Å². The van der Waals surface area contributed by atoms with Crippen LogP contribution in [0.25, 0.3) is 5.47 Å². The van der Waals surface area contributed by atoms with Crippen LogP contribution in [-0.4, -0.2) is 18.3 Å². The van der Waals surface area contributed by atoms with E-state index in [9.17, 15) is 0 Å². The third-order valence-electron chi connectivity index (χ3n) is 4.54. The van der Waals surface area contributed by atoms with Crippen molar-refractivity contribution in [3.8, 4) is 0 Å². The Hall–Kier alpha value is -1.06. The average molecular weight is 286 g/mol. The monoisotopic (exact) mass is 286 g/mol. The van der Waals surface area contributed by atoms with Gasteiger partial charge in [0.1, 0.15) is 0 Å². The van der Waals surface area contributed by atoms with E-state index in [4.69, 9.17) is 9.31 Å². The summed E-state index contributed by atoms with van der Waals surface area (Å²) in [7, 11) is -0.283. The van der Waals surface area contributed by atoms with Crippen molar-refractivity contribution in [1.82, 2.24) is 0 Å². The van der Waals surface area contributed by atoms with Crippen LogP contribution < -0.4 is 0 Å². The van der Waals surface area contributed by atoms with Crippen LogP contribution in [0.3, 0.4) is 0 Å². The quantitative estimate of drug-likeness (QED) is 0.566. The van der Waals surface area contributed by atoms with Crippen LogP contribution in [0.15, 0.2) is 36.4 Å². The van der Waals surface area contributed by atoms with Gasteiger partial charge in [0, 0.05) is 0 Å². The number of hydrogen-bond donors (Lipinski definition) is 0. The van der Waals surface area contributed by atoms with Gasteiger partial charge in [-0.05, 0) is 45.2 Å². The van der Waals surface area contributed by atoms with Crippen LogP contribution in [0.1, 0.15) is 59.4 Å². The fourth-order valence-corrected chi connectivity index (χ4v) is 2.41. The van der Waals surface area contributed by atoms with Gasteiger partial charge in [0.2, 0.25) is 0 Å². The van der Waals surface area contributed by atoms with Crippen molar-refractivity contribution >= 4 is 12.6 Å². The SMILES string of the molecule is CCCC/C=C(\B1OC(C)(C)C(C)(C)O1)c1ccccc1. The molecule has 0 saturated carbocycles. The van der Waals surface area contributed by atoms with Crippen molar-refractivity contribution in [1.29, 1.82) is 0 Å². The Morgan fingerprint density at radius 2 is 1.62 bits per heavy atom. The molecule has 1 aromatic rings. The van der Waals surface area contributed by atoms with Crippen molar-refractivity contribution in [2.75, 3.05) is 0 Å². The first-order valence-corrected chi connectivity index (χ1v) is 7.98. The fraction of sp³-hybridized carbons (Fsp3) is 0.556. The van der Waals surface area contributed by atoms with E-state index in [1.165, 1.54) is 18.4 Å². The summed E-state index contributed by atoms with van der Waals surface area (Å²) >= 11 is 0. The molecular weight excluding hydrogens is 259 g/mol. The van der Waals surface area contributed by atoms with E-state index in [1.807, 2.05) is 6.07 Å². The summed E-state index contributed by atoms with van der Waals surface area (Å²) in [6, 6.07) is 10.4. The number of benzene rings is 1. The first-order chi connectivity index (χ1) is 9.87. The number of rotatable bonds is 5. The second-order valence-corrected chi connectivity index (χ2v) is 6.76. The van der Waals surface area contributed by atoms with Gasteiger partial charge >= 0.3 is 7.12 Å². The third kappa shape index (κ3) is 3.59. The number of hydrogen-bond acceptors (Lipinski definition) is 2. The smallest absolute Gasteiger partial charge is 0.399 e. The summed E-state index contributed by atoms with van der Waals surface area (Å²) in [5, 5.41) is 0. The van der Waals surface area contributed by atoms with Gasteiger partial charge in [-0.2, -0.15) is 0 Å². The Morgan fingerprint density at radius 1 is 1.05 bits per heavy atom. The average Bonchev–Trinajstić information content (AvgIpc) is 2.64. The van der Waals surface area contributed by atoms with E-state index >= 15 is 0 Å². The molecule has 2 rings (SSSR count). The lowest BCUT2D eigenvalue weighted by Crippen LogP contribution is -2.41. The summed E-state index contributed by atoms with van der Waals surface area (Å²) in [5.74, 6) is 0. The minimum atomic E-state index is -0.295. The predicted molar refractivity (Wildman–Crippen MR) is 90.0 cm³/mol. The van der Waals surface area contributed by atoms with Crippen LogP contribution in [0, 0.1) is 0 Å². The molecule has 0 amide bonds. The molecule has 0 radical (unpaired) electrons. The summed E-state index contributed by atoms with van der Waals surface area (Å²) in [6.07, 6.45) is 5.73. The Labute approximate surface area is 129 Å². The molecule has 2 nitrogen and oxygen atoms in total. The molecule has 1 heterocycles. The van der Waals surface area contributed by atoms with Gasteiger partial charge in [-0.3, -0.25) is 0 Å². The largest absolute Gasteiger partial charge is 0.495 e. The molecule has 0 atom stereocenters. The van der Waals surface area contributed by atoms with Crippen molar-refractivity contribution in [3.63, 3.8) is 0 Å². The molecule has 0 aliphatic carbocycles. The lowest BCUT2D eigenvalue weighted by atomic mass is 9.73. The zero-order valence-corrected chi connectivity index (χ0v) is 14.0. The summed E-state index contributed by atoms with van der Waals surface area (Å²) in [4.78, 5) is 0. The molecule has 0 aromatic heterocycles.